The Balaban J connectivity index is 3.04. The van der Waals surface area contributed by atoms with Crippen molar-refractivity contribution in [1.82, 2.24) is 0 Å². The van der Waals surface area contributed by atoms with Crippen molar-refractivity contribution in [2.24, 2.45) is 5.92 Å². The van der Waals surface area contributed by atoms with Crippen LogP contribution in [0.25, 0.3) is 0 Å². The molecule has 0 spiro atoms. The summed E-state index contributed by atoms with van der Waals surface area (Å²) in [5.74, 6) is -0.767. The molecule has 0 saturated carbocycles. The Morgan fingerprint density at radius 1 is 1.17 bits per heavy atom. The summed E-state index contributed by atoms with van der Waals surface area (Å²) in [6.45, 7) is 10.1. The van der Waals surface area contributed by atoms with E-state index in [2.05, 4.69) is 26.8 Å². The molecule has 0 N–H and O–H groups in total. The Morgan fingerprint density at radius 3 is 2.00 bits per heavy atom. The van der Waals surface area contributed by atoms with E-state index in [4.69, 9.17) is 5.26 Å². The molecule has 1 aromatic rings. The van der Waals surface area contributed by atoms with Crippen molar-refractivity contribution in [1.29, 1.82) is 5.26 Å². The first-order chi connectivity index (χ1) is 8.27. The maximum atomic E-state index is 11.9. The number of carbonyl (C=O) groups excluding carboxylic acids is 1. The third-order valence-corrected chi connectivity index (χ3v) is 3.09. The summed E-state index contributed by atoms with van der Waals surface area (Å²) in [5.41, 5.74) is 2.09. The van der Waals surface area contributed by atoms with Crippen molar-refractivity contribution < 1.29 is 4.79 Å². The average Bonchev–Trinajstić information content (AvgIpc) is 2.29. The van der Waals surface area contributed by atoms with E-state index in [-0.39, 0.29) is 17.1 Å². The molecule has 18 heavy (non-hydrogen) atoms. The highest BCUT2D eigenvalue weighted by molar-refractivity contribution is 5.89. The highest BCUT2D eigenvalue weighted by Gasteiger charge is 2.23. The highest BCUT2D eigenvalue weighted by Crippen LogP contribution is 2.25. The number of hydrogen-bond donors (Lipinski definition) is 0. The van der Waals surface area contributed by atoms with Crippen LogP contribution in [0.15, 0.2) is 24.3 Å². The molecule has 0 aliphatic rings. The summed E-state index contributed by atoms with van der Waals surface area (Å²) >= 11 is 0. The first kappa shape index (κ1) is 14.4. The molecule has 0 aromatic heterocycles. The Kier molecular flexibility index (Phi) is 4.29. The van der Waals surface area contributed by atoms with Crippen LogP contribution in [0.3, 0.4) is 0 Å². The molecule has 1 aromatic carbocycles. The van der Waals surface area contributed by atoms with Crippen LogP contribution in [-0.4, -0.2) is 5.78 Å². The molecule has 2 heteroatoms. The van der Waals surface area contributed by atoms with Gasteiger partial charge in [0.2, 0.25) is 0 Å². The molecule has 0 aliphatic carbocycles. The van der Waals surface area contributed by atoms with Crippen molar-refractivity contribution in [2.75, 3.05) is 0 Å². The van der Waals surface area contributed by atoms with Crippen molar-refractivity contribution in [3.05, 3.63) is 35.4 Å². The normalized spacial score (nSPS) is 13.2. The number of nitrogens with zero attached hydrogens (tertiary/aromatic N) is 1. The van der Waals surface area contributed by atoms with Gasteiger partial charge >= 0.3 is 0 Å². The van der Waals surface area contributed by atoms with Gasteiger partial charge in [-0.25, -0.2) is 0 Å². The van der Waals surface area contributed by atoms with Crippen LogP contribution in [-0.2, 0) is 10.2 Å². The molecule has 0 heterocycles. The van der Waals surface area contributed by atoms with Crippen molar-refractivity contribution >= 4 is 5.78 Å². The third-order valence-electron chi connectivity index (χ3n) is 3.09. The van der Waals surface area contributed by atoms with Crippen LogP contribution in [0.2, 0.25) is 0 Å². The number of nitriles is 1. The molecule has 0 radical (unpaired) electrons. The molecule has 0 unspecified atom stereocenters. The SMILES string of the molecule is CC(C)C(=O)[C@@H](C#N)c1ccc(C(C)(C)C)cc1. The number of carbonyl (C=O) groups is 1. The van der Waals surface area contributed by atoms with Gasteiger partial charge in [0.15, 0.2) is 5.78 Å². The van der Waals surface area contributed by atoms with Crippen LogP contribution in [0, 0.1) is 17.2 Å². The number of rotatable bonds is 3. The van der Waals surface area contributed by atoms with Gasteiger partial charge in [0.1, 0.15) is 5.92 Å². The minimum atomic E-state index is -0.640. The summed E-state index contributed by atoms with van der Waals surface area (Å²) in [6, 6.07) is 9.92. The van der Waals surface area contributed by atoms with Gasteiger partial charge in [0.25, 0.3) is 0 Å². The van der Waals surface area contributed by atoms with E-state index < -0.39 is 5.92 Å². The molecule has 1 rings (SSSR count). The molecular formula is C16H21NO. The van der Waals surface area contributed by atoms with Gasteiger partial charge in [-0.05, 0) is 16.5 Å². The zero-order chi connectivity index (χ0) is 13.9. The Morgan fingerprint density at radius 2 is 1.67 bits per heavy atom. The molecule has 96 valence electrons. The van der Waals surface area contributed by atoms with E-state index in [9.17, 15) is 4.79 Å². The lowest BCUT2D eigenvalue weighted by molar-refractivity contribution is -0.122. The van der Waals surface area contributed by atoms with Gasteiger partial charge in [0, 0.05) is 5.92 Å². The summed E-state index contributed by atoms with van der Waals surface area (Å²) < 4.78 is 0. The zero-order valence-corrected chi connectivity index (χ0v) is 11.8. The monoisotopic (exact) mass is 243 g/mol. The Hall–Kier alpha value is -1.62. The van der Waals surface area contributed by atoms with Gasteiger partial charge in [-0.2, -0.15) is 5.26 Å². The Labute approximate surface area is 110 Å². The first-order valence-corrected chi connectivity index (χ1v) is 6.31. The lowest BCUT2D eigenvalue weighted by atomic mass is 9.84. The van der Waals surface area contributed by atoms with E-state index in [0.717, 1.165) is 5.56 Å². The minimum Gasteiger partial charge on any atom is -0.298 e. The largest absolute Gasteiger partial charge is 0.298 e. The van der Waals surface area contributed by atoms with Crippen molar-refractivity contribution in [3.63, 3.8) is 0 Å². The van der Waals surface area contributed by atoms with Crippen LogP contribution in [0.5, 0.6) is 0 Å². The molecule has 2 nitrogen and oxygen atoms in total. The van der Waals surface area contributed by atoms with Gasteiger partial charge in [-0.15, -0.1) is 0 Å². The topological polar surface area (TPSA) is 40.9 Å². The summed E-state index contributed by atoms with van der Waals surface area (Å²) in [5, 5.41) is 9.16. The molecule has 0 fully saturated rings. The number of hydrogen-bond acceptors (Lipinski definition) is 2. The van der Waals surface area contributed by atoms with E-state index in [1.165, 1.54) is 5.56 Å². The minimum absolute atomic E-state index is 0.0130. The van der Waals surface area contributed by atoms with Crippen LogP contribution < -0.4 is 0 Å². The lowest BCUT2D eigenvalue weighted by Gasteiger charge is -2.20. The smallest absolute Gasteiger partial charge is 0.156 e. The molecule has 1 atom stereocenters. The Bertz CT molecular complexity index is 457. The van der Waals surface area contributed by atoms with Crippen LogP contribution in [0.1, 0.15) is 51.7 Å². The predicted octanol–water partition coefficient (Wildman–Crippen LogP) is 3.82. The standard InChI is InChI=1S/C16H21NO/c1-11(2)15(18)14(10-17)12-6-8-13(9-7-12)16(3,4)5/h6-9,11,14H,1-5H3/t14-/m0/s1. The molecule has 0 saturated heterocycles. The fraction of sp³-hybridized carbons (Fsp3) is 0.500. The number of ketones is 1. The predicted molar refractivity (Wildman–Crippen MR) is 73.3 cm³/mol. The molecule has 0 aliphatic heterocycles. The average molecular weight is 243 g/mol. The summed E-state index contributed by atoms with van der Waals surface area (Å²) in [7, 11) is 0. The maximum absolute atomic E-state index is 11.9. The summed E-state index contributed by atoms with van der Waals surface area (Å²) in [6.07, 6.45) is 0. The fourth-order valence-corrected chi connectivity index (χ4v) is 1.81. The van der Waals surface area contributed by atoms with Crippen molar-refractivity contribution in [2.45, 2.75) is 46.0 Å². The van der Waals surface area contributed by atoms with Gasteiger partial charge in [-0.3, -0.25) is 4.79 Å². The number of Topliss-reactive ketones (excluding diaryl/α,β-unsaturated/α-hetero) is 1. The molecular weight excluding hydrogens is 222 g/mol. The van der Waals surface area contributed by atoms with Gasteiger partial charge in [-0.1, -0.05) is 58.9 Å². The first-order valence-electron chi connectivity index (χ1n) is 6.31. The molecule has 0 amide bonds. The quantitative estimate of drug-likeness (QED) is 0.809. The highest BCUT2D eigenvalue weighted by atomic mass is 16.1. The van der Waals surface area contributed by atoms with Gasteiger partial charge < -0.3 is 0 Å². The number of benzene rings is 1. The second-order valence-corrected chi connectivity index (χ2v) is 5.99. The van der Waals surface area contributed by atoms with E-state index in [1.54, 1.807) is 0 Å². The van der Waals surface area contributed by atoms with E-state index in [1.807, 2.05) is 38.1 Å². The second-order valence-electron chi connectivity index (χ2n) is 5.99. The summed E-state index contributed by atoms with van der Waals surface area (Å²) in [4.78, 5) is 11.9. The van der Waals surface area contributed by atoms with Crippen LogP contribution in [0.4, 0.5) is 0 Å². The van der Waals surface area contributed by atoms with Crippen molar-refractivity contribution in [3.8, 4) is 6.07 Å². The maximum Gasteiger partial charge on any atom is 0.156 e. The van der Waals surface area contributed by atoms with Gasteiger partial charge in [0.05, 0.1) is 6.07 Å². The second kappa shape index (κ2) is 5.35. The van der Waals surface area contributed by atoms with E-state index >= 15 is 0 Å². The van der Waals surface area contributed by atoms with Crippen LogP contribution >= 0.6 is 0 Å². The zero-order valence-electron chi connectivity index (χ0n) is 11.8. The third kappa shape index (κ3) is 3.20. The fourth-order valence-electron chi connectivity index (χ4n) is 1.81. The lowest BCUT2D eigenvalue weighted by Crippen LogP contribution is -2.17. The molecule has 0 bridgehead atoms. The van der Waals surface area contributed by atoms with E-state index in [0.29, 0.717) is 0 Å².